The van der Waals surface area contributed by atoms with Gasteiger partial charge in [-0.05, 0) is 54.6 Å². The number of amides is 3. The van der Waals surface area contributed by atoms with Crippen LogP contribution in [0.4, 0.5) is 16.2 Å². The second-order valence-corrected chi connectivity index (χ2v) is 6.76. The van der Waals surface area contributed by atoms with Gasteiger partial charge in [-0.1, -0.05) is 15.9 Å². The molecule has 0 aliphatic heterocycles. The van der Waals surface area contributed by atoms with E-state index in [-0.39, 0.29) is 30.9 Å². The van der Waals surface area contributed by atoms with Crippen LogP contribution in [0.15, 0.2) is 71.5 Å². The van der Waals surface area contributed by atoms with Crippen LogP contribution in [-0.2, 0) is 4.79 Å². The molecule has 0 bridgehead atoms. The Morgan fingerprint density at radius 3 is 2.21 bits per heavy atom. The van der Waals surface area contributed by atoms with Gasteiger partial charge in [-0.15, -0.1) is 0 Å². The van der Waals surface area contributed by atoms with Crippen molar-refractivity contribution in [3.8, 4) is 11.8 Å². The standard InChI is InChI=1S/C20H18BrN5O3/c21-14-2-4-16(5-3-14)26-19(28)22-13-10-18(27)25-15-6-8-17(9-7-15)29-20-23-11-1-12-24-20/h1-9,11-12H,10,13H2,(H,25,27)(H2,22,26,28). The number of carbonyl (C=O) groups is 2. The molecule has 9 heteroatoms. The van der Waals surface area contributed by atoms with Crippen LogP contribution in [0.1, 0.15) is 6.42 Å². The summed E-state index contributed by atoms with van der Waals surface area (Å²) in [7, 11) is 0. The Kier molecular flexibility index (Phi) is 7.12. The zero-order chi connectivity index (χ0) is 20.5. The molecular formula is C20H18BrN5O3. The van der Waals surface area contributed by atoms with E-state index in [1.54, 1.807) is 54.9 Å². The molecule has 8 nitrogen and oxygen atoms in total. The largest absolute Gasteiger partial charge is 0.424 e. The molecular weight excluding hydrogens is 438 g/mol. The molecule has 0 unspecified atom stereocenters. The Morgan fingerprint density at radius 2 is 1.52 bits per heavy atom. The summed E-state index contributed by atoms with van der Waals surface area (Å²) < 4.78 is 6.42. The van der Waals surface area contributed by atoms with Gasteiger partial charge in [-0.3, -0.25) is 4.79 Å². The lowest BCUT2D eigenvalue weighted by molar-refractivity contribution is -0.116. The Hall–Kier alpha value is -3.46. The molecule has 3 rings (SSSR count). The Morgan fingerprint density at radius 1 is 0.897 bits per heavy atom. The molecule has 3 N–H and O–H groups in total. The third-order valence-corrected chi connectivity index (χ3v) is 4.16. The molecule has 0 atom stereocenters. The summed E-state index contributed by atoms with van der Waals surface area (Å²) in [6.07, 6.45) is 3.32. The number of carbonyl (C=O) groups excluding carboxylic acids is 2. The third kappa shape index (κ3) is 6.89. The maximum absolute atomic E-state index is 12.0. The first-order valence-electron chi connectivity index (χ1n) is 8.74. The van der Waals surface area contributed by atoms with Crippen LogP contribution in [0, 0.1) is 0 Å². The minimum atomic E-state index is -0.371. The number of anilines is 2. The van der Waals surface area contributed by atoms with Gasteiger partial charge >= 0.3 is 12.0 Å². The highest BCUT2D eigenvalue weighted by molar-refractivity contribution is 9.10. The van der Waals surface area contributed by atoms with Crippen LogP contribution in [0.5, 0.6) is 11.8 Å². The van der Waals surface area contributed by atoms with Crippen LogP contribution in [0.2, 0.25) is 0 Å². The maximum atomic E-state index is 12.0. The number of rotatable bonds is 7. The van der Waals surface area contributed by atoms with Gasteiger partial charge < -0.3 is 20.7 Å². The summed E-state index contributed by atoms with van der Waals surface area (Å²) in [5, 5.41) is 8.09. The van der Waals surface area contributed by atoms with Crippen molar-refractivity contribution in [3.05, 3.63) is 71.5 Å². The normalized spacial score (nSPS) is 10.1. The molecule has 3 amide bonds. The van der Waals surface area contributed by atoms with Gasteiger partial charge in [0.25, 0.3) is 0 Å². The van der Waals surface area contributed by atoms with Crippen molar-refractivity contribution in [2.75, 3.05) is 17.2 Å². The van der Waals surface area contributed by atoms with Gasteiger partial charge in [-0.25, -0.2) is 14.8 Å². The third-order valence-electron chi connectivity index (χ3n) is 3.63. The first-order chi connectivity index (χ1) is 14.1. The number of nitrogens with zero attached hydrogens (tertiary/aromatic N) is 2. The lowest BCUT2D eigenvalue weighted by atomic mass is 10.3. The minimum Gasteiger partial charge on any atom is -0.424 e. The topological polar surface area (TPSA) is 105 Å². The fraction of sp³-hybridized carbons (Fsp3) is 0.100. The lowest BCUT2D eigenvalue weighted by Crippen LogP contribution is -2.31. The predicted molar refractivity (Wildman–Crippen MR) is 113 cm³/mol. The van der Waals surface area contributed by atoms with Gasteiger partial charge in [0.2, 0.25) is 5.91 Å². The van der Waals surface area contributed by atoms with E-state index >= 15 is 0 Å². The number of nitrogens with one attached hydrogen (secondary N) is 3. The van der Waals surface area contributed by atoms with Gasteiger partial charge in [0.05, 0.1) is 0 Å². The van der Waals surface area contributed by atoms with E-state index in [9.17, 15) is 9.59 Å². The molecule has 0 spiro atoms. The summed E-state index contributed by atoms with van der Waals surface area (Å²) in [6.45, 7) is 0.209. The van der Waals surface area contributed by atoms with Crippen molar-refractivity contribution >= 4 is 39.2 Å². The van der Waals surface area contributed by atoms with E-state index in [4.69, 9.17) is 4.74 Å². The zero-order valence-electron chi connectivity index (χ0n) is 15.3. The Labute approximate surface area is 175 Å². The van der Waals surface area contributed by atoms with Crippen LogP contribution < -0.4 is 20.7 Å². The fourth-order valence-electron chi connectivity index (χ4n) is 2.27. The quantitative estimate of drug-likeness (QED) is 0.495. The molecule has 0 radical (unpaired) electrons. The molecule has 0 aliphatic carbocycles. The lowest BCUT2D eigenvalue weighted by Gasteiger charge is -2.09. The van der Waals surface area contributed by atoms with E-state index in [1.165, 1.54) is 0 Å². The van der Waals surface area contributed by atoms with Crippen molar-refractivity contribution in [2.45, 2.75) is 6.42 Å². The number of halogens is 1. The molecule has 2 aromatic carbocycles. The smallest absolute Gasteiger partial charge is 0.321 e. The molecule has 148 valence electrons. The monoisotopic (exact) mass is 455 g/mol. The van der Waals surface area contributed by atoms with Crippen molar-refractivity contribution in [2.24, 2.45) is 0 Å². The molecule has 3 aromatic rings. The van der Waals surface area contributed by atoms with Crippen molar-refractivity contribution < 1.29 is 14.3 Å². The number of urea groups is 1. The molecule has 0 saturated carbocycles. The van der Waals surface area contributed by atoms with Gasteiger partial charge in [0.15, 0.2) is 0 Å². The number of aromatic nitrogens is 2. The first-order valence-corrected chi connectivity index (χ1v) is 9.53. The summed E-state index contributed by atoms with van der Waals surface area (Å²) in [5.74, 6) is 0.342. The Balaban J connectivity index is 1.38. The maximum Gasteiger partial charge on any atom is 0.321 e. The molecule has 0 aliphatic rings. The highest BCUT2D eigenvalue weighted by Crippen LogP contribution is 2.20. The predicted octanol–water partition coefficient (Wildman–Crippen LogP) is 4.18. The SMILES string of the molecule is O=C(CCNC(=O)Nc1ccc(Br)cc1)Nc1ccc(Oc2ncccn2)cc1. The van der Waals surface area contributed by atoms with Crippen LogP contribution in [0.3, 0.4) is 0 Å². The molecule has 1 heterocycles. The summed E-state index contributed by atoms with van der Waals surface area (Å²) in [5.41, 5.74) is 1.29. The number of hydrogen-bond donors (Lipinski definition) is 3. The van der Waals surface area contributed by atoms with Gasteiger partial charge in [-0.2, -0.15) is 0 Å². The average Bonchev–Trinajstić information content (AvgIpc) is 2.72. The minimum absolute atomic E-state index is 0.143. The second kappa shape index (κ2) is 10.2. The van der Waals surface area contributed by atoms with E-state index in [0.29, 0.717) is 17.1 Å². The van der Waals surface area contributed by atoms with Crippen molar-refractivity contribution in [3.63, 3.8) is 0 Å². The average molecular weight is 456 g/mol. The summed E-state index contributed by atoms with van der Waals surface area (Å²) in [4.78, 5) is 31.8. The zero-order valence-corrected chi connectivity index (χ0v) is 16.8. The van der Waals surface area contributed by atoms with Gasteiger partial charge in [0, 0.05) is 41.2 Å². The van der Waals surface area contributed by atoms with Crippen LogP contribution >= 0.6 is 15.9 Å². The van der Waals surface area contributed by atoms with E-state index in [1.807, 2.05) is 12.1 Å². The highest BCUT2D eigenvalue weighted by atomic mass is 79.9. The summed E-state index contributed by atoms with van der Waals surface area (Å²) >= 11 is 3.33. The van der Waals surface area contributed by atoms with E-state index in [2.05, 4.69) is 41.8 Å². The van der Waals surface area contributed by atoms with Crippen molar-refractivity contribution in [1.82, 2.24) is 15.3 Å². The molecule has 0 fully saturated rings. The molecule has 29 heavy (non-hydrogen) atoms. The number of ether oxygens (including phenoxy) is 1. The molecule has 1 aromatic heterocycles. The van der Waals surface area contributed by atoms with Crippen LogP contribution in [0.25, 0.3) is 0 Å². The highest BCUT2D eigenvalue weighted by Gasteiger charge is 2.06. The fourth-order valence-corrected chi connectivity index (χ4v) is 2.54. The number of hydrogen-bond acceptors (Lipinski definition) is 5. The van der Waals surface area contributed by atoms with Crippen LogP contribution in [-0.4, -0.2) is 28.5 Å². The van der Waals surface area contributed by atoms with E-state index < -0.39 is 0 Å². The van der Waals surface area contributed by atoms with E-state index in [0.717, 1.165) is 4.47 Å². The second-order valence-electron chi connectivity index (χ2n) is 5.84. The Bertz CT molecular complexity index is 950. The van der Waals surface area contributed by atoms with Crippen molar-refractivity contribution in [1.29, 1.82) is 0 Å². The number of benzene rings is 2. The molecule has 0 saturated heterocycles. The van der Waals surface area contributed by atoms with Gasteiger partial charge in [0.1, 0.15) is 5.75 Å². The first kappa shape index (κ1) is 20.3. The summed E-state index contributed by atoms with van der Waals surface area (Å²) in [6, 6.07) is 15.6.